The largest absolute Gasteiger partial charge is 0.459 e. The summed E-state index contributed by atoms with van der Waals surface area (Å²) >= 11 is 0. The van der Waals surface area contributed by atoms with Gasteiger partial charge < -0.3 is 4.74 Å². The Morgan fingerprint density at radius 3 is 2.78 bits per heavy atom. The number of carbonyl (C=O) groups excluding carboxylic acids is 1. The smallest absolute Gasteiger partial charge is 0.310 e. The van der Waals surface area contributed by atoms with Crippen LogP contribution in [0.1, 0.15) is 16.8 Å². The Balaban J connectivity index is 1.52. The molecule has 4 rings (SSSR count). The molecule has 27 heavy (non-hydrogen) atoms. The highest BCUT2D eigenvalue weighted by Crippen LogP contribution is 2.19. The molecule has 0 bridgehead atoms. The van der Waals surface area contributed by atoms with Crippen LogP contribution in [0, 0.1) is 6.92 Å². The molecule has 2 heterocycles. The van der Waals surface area contributed by atoms with E-state index in [0.29, 0.717) is 11.3 Å². The van der Waals surface area contributed by atoms with Crippen LogP contribution < -0.4 is 5.56 Å². The van der Waals surface area contributed by atoms with Crippen LogP contribution in [0.4, 0.5) is 0 Å². The third kappa shape index (κ3) is 3.44. The molecular formula is C22H18N2O3. The fourth-order valence-electron chi connectivity index (χ4n) is 3.19. The fraction of sp³-hybridized carbons (Fsp3) is 0.136. The van der Waals surface area contributed by atoms with Gasteiger partial charge in [0.05, 0.1) is 12.1 Å². The first-order chi connectivity index (χ1) is 13.1. The molecule has 0 unspecified atom stereocenters. The lowest BCUT2D eigenvalue weighted by atomic mass is 10.0. The van der Waals surface area contributed by atoms with E-state index in [-0.39, 0.29) is 24.6 Å². The SMILES string of the molecule is Cc1cccn2c(=O)cc(COC(=O)Cc3cccc4ccccc34)nc12. The van der Waals surface area contributed by atoms with E-state index in [1.165, 1.54) is 10.5 Å². The van der Waals surface area contributed by atoms with E-state index in [9.17, 15) is 9.59 Å². The van der Waals surface area contributed by atoms with Crippen molar-refractivity contribution in [2.75, 3.05) is 0 Å². The van der Waals surface area contributed by atoms with Gasteiger partial charge in [0, 0.05) is 12.3 Å². The third-order valence-electron chi connectivity index (χ3n) is 4.54. The standard InChI is InChI=1S/C22H18N2O3/c1-15-6-5-11-24-20(25)13-18(23-22(15)24)14-27-21(26)12-17-9-4-8-16-7-2-3-10-19(16)17/h2-11,13H,12,14H2,1H3. The maximum absolute atomic E-state index is 12.3. The topological polar surface area (TPSA) is 60.7 Å². The number of aryl methyl sites for hydroxylation is 1. The number of benzene rings is 2. The molecule has 0 atom stereocenters. The number of carbonyl (C=O) groups is 1. The first kappa shape index (κ1) is 17.0. The molecule has 0 aliphatic carbocycles. The number of hydrogen-bond acceptors (Lipinski definition) is 4. The van der Waals surface area contributed by atoms with Crippen molar-refractivity contribution in [2.24, 2.45) is 0 Å². The van der Waals surface area contributed by atoms with E-state index in [2.05, 4.69) is 4.98 Å². The number of ether oxygens (including phenoxy) is 1. The molecule has 0 radical (unpaired) electrons. The zero-order valence-corrected chi connectivity index (χ0v) is 14.9. The lowest BCUT2D eigenvalue weighted by Gasteiger charge is -2.09. The predicted molar refractivity (Wildman–Crippen MR) is 104 cm³/mol. The van der Waals surface area contributed by atoms with Gasteiger partial charge in [-0.25, -0.2) is 4.98 Å². The number of pyridine rings is 1. The molecule has 0 saturated carbocycles. The number of rotatable bonds is 4. The van der Waals surface area contributed by atoms with Crippen LogP contribution in [0.15, 0.2) is 71.7 Å². The van der Waals surface area contributed by atoms with E-state index in [0.717, 1.165) is 21.9 Å². The second kappa shape index (κ2) is 7.03. The van der Waals surface area contributed by atoms with Gasteiger partial charge in [0.1, 0.15) is 12.3 Å². The first-order valence-corrected chi connectivity index (χ1v) is 8.72. The Morgan fingerprint density at radius 1 is 1.07 bits per heavy atom. The number of nitrogens with zero attached hydrogens (tertiary/aromatic N) is 2. The van der Waals surface area contributed by atoms with Gasteiger partial charge in [0.15, 0.2) is 0 Å². The maximum atomic E-state index is 12.3. The van der Waals surface area contributed by atoms with E-state index < -0.39 is 0 Å². The number of esters is 1. The highest BCUT2D eigenvalue weighted by molar-refractivity contribution is 5.88. The van der Waals surface area contributed by atoms with Gasteiger partial charge in [0.2, 0.25) is 0 Å². The zero-order valence-electron chi connectivity index (χ0n) is 14.9. The Kier molecular flexibility index (Phi) is 4.42. The number of fused-ring (bicyclic) bond motifs is 2. The van der Waals surface area contributed by atoms with Crippen molar-refractivity contribution in [2.45, 2.75) is 20.0 Å². The van der Waals surface area contributed by atoms with E-state index >= 15 is 0 Å². The van der Waals surface area contributed by atoms with Gasteiger partial charge in [-0.3, -0.25) is 14.0 Å². The molecule has 0 aliphatic rings. The van der Waals surface area contributed by atoms with Gasteiger partial charge in [-0.15, -0.1) is 0 Å². The lowest BCUT2D eigenvalue weighted by molar-refractivity contribution is -0.144. The summed E-state index contributed by atoms with van der Waals surface area (Å²) < 4.78 is 6.86. The minimum Gasteiger partial charge on any atom is -0.459 e. The monoisotopic (exact) mass is 358 g/mol. The molecule has 0 saturated heterocycles. The molecule has 134 valence electrons. The van der Waals surface area contributed by atoms with Crippen LogP contribution in [0.25, 0.3) is 16.4 Å². The first-order valence-electron chi connectivity index (χ1n) is 8.72. The molecule has 2 aromatic carbocycles. The molecule has 4 aromatic rings. The molecule has 0 amide bonds. The normalized spacial score (nSPS) is 11.0. The Morgan fingerprint density at radius 2 is 1.89 bits per heavy atom. The van der Waals surface area contributed by atoms with Gasteiger partial charge in [0.25, 0.3) is 5.56 Å². The third-order valence-corrected chi connectivity index (χ3v) is 4.54. The van der Waals surface area contributed by atoms with Gasteiger partial charge in [-0.1, -0.05) is 48.5 Å². The van der Waals surface area contributed by atoms with Crippen molar-refractivity contribution in [3.63, 3.8) is 0 Å². The summed E-state index contributed by atoms with van der Waals surface area (Å²) in [6, 6.07) is 18.9. The molecular weight excluding hydrogens is 340 g/mol. The highest BCUT2D eigenvalue weighted by Gasteiger charge is 2.10. The number of hydrogen-bond donors (Lipinski definition) is 0. The average molecular weight is 358 g/mol. The van der Waals surface area contributed by atoms with E-state index in [1.54, 1.807) is 12.3 Å². The van der Waals surface area contributed by atoms with Crippen molar-refractivity contribution in [3.8, 4) is 0 Å². The predicted octanol–water partition coefficient (Wildman–Crippen LogP) is 3.44. The fourth-order valence-corrected chi connectivity index (χ4v) is 3.19. The lowest BCUT2D eigenvalue weighted by Crippen LogP contribution is -2.17. The Hall–Kier alpha value is -3.47. The van der Waals surface area contributed by atoms with Crippen LogP contribution in [0.5, 0.6) is 0 Å². The molecule has 5 heteroatoms. The van der Waals surface area contributed by atoms with Crippen molar-refractivity contribution < 1.29 is 9.53 Å². The summed E-state index contributed by atoms with van der Waals surface area (Å²) in [4.78, 5) is 29.0. The molecule has 0 N–H and O–H groups in total. The second-order valence-corrected chi connectivity index (χ2v) is 6.45. The molecule has 5 nitrogen and oxygen atoms in total. The quantitative estimate of drug-likeness (QED) is 0.524. The second-order valence-electron chi connectivity index (χ2n) is 6.45. The van der Waals surface area contributed by atoms with Crippen LogP contribution in [-0.4, -0.2) is 15.4 Å². The van der Waals surface area contributed by atoms with Gasteiger partial charge >= 0.3 is 5.97 Å². The minimum absolute atomic E-state index is 0.0241. The van der Waals surface area contributed by atoms with Crippen molar-refractivity contribution >= 4 is 22.4 Å². The maximum Gasteiger partial charge on any atom is 0.310 e. The van der Waals surface area contributed by atoms with Crippen molar-refractivity contribution in [3.05, 3.63) is 94.0 Å². The Labute approximate surface area is 155 Å². The summed E-state index contributed by atoms with van der Waals surface area (Å²) in [6.45, 7) is 1.86. The summed E-state index contributed by atoms with van der Waals surface area (Å²) in [7, 11) is 0. The Bertz CT molecular complexity index is 1210. The van der Waals surface area contributed by atoms with Crippen LogP contribution in [-0.2, 0) is 22.6 Å². The average Bonchev–Trinajstić information content (AvgIpc) is 2.68. The number of aromatic nitrogens is 2. The minimum atomic E-state index is -0.349. The molecule has 0 fully saturated rings. The molecule has 0 aliphatic heterocycles. The summed E-state index contributed by atoms with van der Waals surface area (Å²) in [5.74, 6) is -0.349. The van der Waals surface area contributed by atoms with Crippen LogP contribution >= 0.6 is 0 Å². The van der Waals surface area contributed by atoms with Crippen molar-refractivity contribution in [1.29, 1.82) is 0 Å². The van der Waals surface area contributed by atoms with Gasteiger partial charge in [-0.05, 0) is 34.9 Å². The molecule has 2 aromatic heterocycles. The zero-order chi connectivity index (χ0) is 18.8. The highest BCUT2D eigenvalue weighted by atomic mass is 16.5. The van der Waals surface area contributed by atoms with Crippen LogP contribution in [0.3, 0.4) is 0 Å². The summed E-state index contributed by atoms with van der Waals surface area (Å²) in [6.07, 6.45) is 1.85. The van der Waals surface area contributed by atoms with Gasteiger partial charge in [-0.2, -0.15) is 0 Å². The summed E-state index contributed by atoms with van der Waals surface area (Å²) in [5, 5.41) is 2.12. The van der Waals surface area contributed by atoms with Crippen LogP contribution in [0.2, 0.25) is 0 Å². The molecule has 0 spiro atoms. The summed E-state index contributed by atoms with van der Waals surface area (Å²) in [5.41, 5.74) is 2.63. The van der Waals surface area contributed by atoms with E-state index in [1.807, 2.05) is 55.5 Å². The van der Waals surface area contributed by atoms with E-state index in [4.69, 9.17) is 4.74 Å². The van der Waals surface area contributed by atoms with Crippen molar-refractivity contribution in [1.82, 2.24) is 9.38 Å².